The van der Waals surface area contributed by atoms with Crippen molar-refractivity contribution in [3.05, 3.63) is 12.7 Å². The highest BCUT2D eigenvalue weighted by molar-refractivity contribution is 8.13. The predicted octanol–water partition coefficient (Wildman–Crippen LogP) is 1.56. The molecule has 1 fully saturated rings. The van der Waals surface area contributed by atoms with E-state index >= 15 is 0 Å². The van der Waals surface area contributed by atoms with Gasteiger partial charge in [-0.2, -0.15) is 4.31 Å². The first kappa shape index (κ1) is 53.9. The van der Waals surface area contributed by atoms with Crippen LogP contribution in [0.15, 0.2) is 12.7 Å². The van der Waals surface area contributed by atoms with Crippen molar-refractivity contribution in [3.8, 4) is 0 Å². The molecule has 8 unspecified atom stereocenters. The van der Waals surface area contributed by atoms with Gasteiger partial charge in [-0.25, -0.2) is 28.6 Å². The van der Waals surface area contributed by atoms with Crippen LogP contribution in [0, 0.1) is 5.41 Å². The Balaban J connectivity index is 1.39. The van der Waals surface area contributed by atoms with Crippen molar-refractivity contribution < 1.29 is 85.6 Å². The van der Waals surface area contributed by atoms with E-state index in [0.29, 0.717) is 6.42 Å². The van der Waals surface area contributed by atoms with E-state index in [2.05, 4.69) is 41.3 Å². The van der Waals surface area contributed by atoms with Crippen molar-refractivity contribution in [1.82, 2.24) is 30.2 Å². The van der Waals surface area contributed by atoms with Crippen LogP contribution in [-0.2, 0) is 50.7 Å². The van der Waals surface area contributed by atoms with Crippen LogP contribution in [0.2, 0.25) is 0 Å². The van der Waals surface area contributed by atoms with Crippen molar-refractivity contribution in [1.29, 1.82) is 0 Å². The highest BCUT2D eigenvalue weighted by Crippen LogP contribution is 2.61. The lowest BCUT2D eigenvalue weighted by atomic mass is 9.87. The number of nitrogens with one attached hydrogen (secondary N) is 2. The molecule has 11 N–H and O–H groups in total. The van der Waals surface area contributed by atoms with Gasteiger partial charge in [0.25, 0.3) is 0 Å². The van der Waals surface area contributed by atoms with Gasteiger partial charge in [-0.3, -0.25) is 32.5 Å². The number of aliphatic hydroxyl groups is 3. The van der Waals surface area contributed by atoms with E-state index in [0.717, 1.165) is 48.2 Å². The second-order valence-corrected chi connectivity index (χ2v) is 20.4. The maximum absolute atomic E-state index is 12.7. The van der Waals surface area contributed by atoms with Gasteiger partial charge in [0.05, 0.1) is 25.6 Å². The molecule has 25 nitrogen and oxygen atoms in total. The monoisotopic (exact) mass is 965 g/mol. The molecule has 2 amide bonds. The molecule has 3 heterocycles. The molecule has 0 bridgehead atoms. The largest absolute Gasteiger partial charge is 0.481 e. The lowest BCUT2D eigenvalue weighted by Gasteiger charge is -2.30. The normalized spacial score (nSPS) is 21.3. The average Bonchev–Trinajstić information content (AvgIpc) is 3.74. The molecule has 1 aliphatic heterocycles. The first-order chi connectivity index (χ1) is 28.9. The fraction of sp³-hybridized carbons (Fsp3) is 0.758. The Morgan fingerprint density at radius 3 is 2.31 bits per heavy atom. The molecule has 0 saturated carbocycles. The van der Waals surface area contributed by atoms with Crippen LogP contribution >= 0.6 is 35.2 Å². The van der Waals surface area contributed by atoms with Crippen molar-refractivity contribution in [2.75, 3.05) is 37.8 Å². The number of amides is 2. The Morgan fingerprint density at radius 1 is 0.968 bits per heavy atom. The molecule has 354 valence electrons. The zero-order valence-electron chi connectivity index (χ0n) is 34.5. The first-order valence-corrected chi connectivity index (χ1v) is 25.2. The number of hydrogen-bond acceptors (Lipinski definition) is 19. The quantitative estimate of drug-likeness (QED) is 0.0408. The lowest BCUT2D eigenvalue weighted by Crippen LogP contribution is -2.46. The van der Waals surface area contributed by atoms with E-state index < -0.39 is 90.7 Å². The highest BCUT2D eigenvalue weighted by atomic mass is 32.2. The van der Waals surface area contributed by atoms with Gasteiger partial charge >= 0.3 is 23.5 Å². The van der Waals surface area contributed by atoms with E-state index in [9.17, 15) is 63.0 Å². The molecule has 1 aliphatic rings. The van der Waals surface area contributed by atoms with Crippen LogP contribution in [0.5, 0.6) is 0 Å². The Kier molecular flexibility index (Phi) is 21.5. The van der Waals surface area contributed by atoms with Crippen LogP contribution in [0.25, 0.3) is 11.2 Å². The van der Waals surface area contributed by atoms with E-state index in [4.69, 9.17) is 19.5 Å². The number of hydrogen-bond donors (Lipinski definition) is 10. The summed E-state index contributed by atoms with van der Waals surface area (Å²) in [6.07, 6.45) is 0.648. The van der Waals surface area contributed by atoms with Crippen LogP contribution in [0.1, 0.15) is 91.2 Å². The van der Waals surface area contributed by atoms with Crippen molar-refractivity contribution >= 4 is 69.1 Å². The summed E-state index contributed by atoms with van der Waals surface area (Å²) in [6, 6.07) is 0. The summed E-state index contributed by atoms with van der Waals surface area (Å²) in [5.41, 5.74) is 4.25. The topological polar surface area (TPSA) is 384 Å². The predicted molar refractivity (Wildman–Crippen MR) is 220 cm³/mol. The van der Waals surface area contributed by atoms with Gasteiger partial charge in [0.15, 0.2) is 22.8 Å². The second kappa shape index (κ2) is 24.7. The number of imidazole rings is 1. The van der Waals surface area contributed by atoms with E-state index in [1.807, 2.05) is 0 Å². The lowest BCUT2D eigenvalue weighted by molar-refractivity contribution is -0.137. The zero-order valence-corrected chi connectivity index (χ0v) is 38.0. The number of unbranched alkanes of at least 4 members (excludes halogenated alkanes) is 6. The molecule has 0 radical (unpaired) electrons. The number of carbonyl (C=O) groups is 3. The van der Waals surface area contributed by atoms with Gasteiger partial charge in [0.2, 0.25) is 11.8 Å². The van der Waals surface area contributed by atoms with Gasteiger partial charge in [-0.15, -0.1) is 0 Å². The molecule has 0 spiro atoms. The molecule has 0 aliphatic carbocycles. The number of aliphatic hydroxyl groups excluding tert-OH is 3. The standard InChI is InChI=1S/C33H58N7O18P3S/c1-4-5-6-7-8-9-10-11-21(41)16-24(43)62-15-14-35-23(42)12-13-36-31(46)28(45)33(2,3)18-55-61(52,53)58-60(50,51)54-17-22-27(57-59(47,48)49)26(44)32(56-22)40-20-39-25-29(34)37-19-38-30(25)40/h19-22,26-28,32,41,44-45H,4-18H2,1-3H3,(H,35,42)(H,36,46)(H,50,51)(H,52,53)(H2,34,37,38)(H2,47,48,49). The maximum atomic E-state index is 12.7. The highest BCUT2D eigenvalue weighted by Gasteiger charge is 2.50. The van der Waals surface area contributed by atoms with E-state index in [-0.39, 0.29) is 53.8 Å². The number of nitrogens with zero attached hydrogens (tertiary/aromatic N) is 4. The van der Waals surface area contributed by atoms with Gasteiger partial charge < -0.3 is 56.0 Å². The number of nitrogens with two attached hydrogens (primary N) is 1. The Bertz CT molecular complexity index is 1920. The third kappa shape index (κ3) is 18.2. The van der Waals surface area contributed by atoms with Crippen LogP contribution < -0.4 is 16.4 Å². The summed E-state index contributed by atoms with van der Waals surface area (Å²) in [5.74, 6) is -1.22. The first-order valence-electron chi connectivity index (χ1n) is 19.7. The van der Waals surface area contributed by atoms with Gasteiger partial charge in [-0.1, -0.05) is 77.5 Å². The van der Waals surface area contributed by atoms with Gasteiger partial charge in [0.1, 0.15) is 36.3 Å². The molecular weight excluding hydrogens is 907 g/mol. The smallest absolute Gasteiger partial charge is 0.393 e. The maximum Gasteiger partial charge on any atom is 0.481 e. The number of fused-ring (bicyclic) bond motifs is 1. The third-order valence-corrected chi connectivity index (χ3v) is 13.3. The number of nitrogen functional groups attached to an aromatic ring is 1. The number of thioether (sulfide) groups is 1. The SMILES string of the molecule is CCCCCCCCCC(O)CC(=O)SCCNC(=O)CCNC(=O)C(O)C(C)(C)COP(=O)(O)OP(=O)(O)OCC1OC(n2cnc3c(N)ncnc32)C(O)C1OP(=O)(O)O. The fourth-order valence-corrected chi connectivity index (χ4v) is 9.56. The molecule has 2 aromatic heterocycles. The summed E-state index contributed by atoms with van der Waals surface area (Å²) < 4.78 is 62.3. The Labute approximate surface area is 361 Å². The minimum absolute atomic E-state index is 0.0241. The van der Waals surface area contributed by atoms with Crippen molar-refractivity contribution in [2.45, 2.75) is 122 Å². The molecule has 2 aromatic rings. The molecular formula is C33H58N7O18P3S. The number of carbonyl (C=O) groups excluding carboxylic acids is 3. The molecule has 3 rings (SSSR count). The number of aromatic nitrogens is 4. The number of ether oxygens (including phenoxy) is 1. The zero-order chi connectivity index (χ0) is 46.3. The molecule has 0 aromatic carbocycles. The van der Waals surface area contributed by atoms with Crippen LogP contribution in [0.4, 0.5) is 5.82 Å². The fourth-order valence-electron chi connectivity index (χ4n) is 5.99. The number of phosphoric ester groups is 3. The summed E-state index contributed by atoms with van der Waals surface area (Å²) >= 11 is 0.991. The summed E-state index contributed by atoms with van der Waals surface area (Å²) in [4.78, 5) is 88.1. The molecule has 29 heteroatoms. The second-order valence-electron chi connectivity index (χ2n) is 15.1. The third-order valence-electron chi connectivity index (χ3n) is 9.31. The van der Waals surface area contributed by atoms with Crippen LogP contribution in [-0.4, -0.2) is 134 Å². The number of rotatable bonds is 29. The minimum Gasteiger partial charge on any atom is -0.393 e. The number of phosphoric acid groups is 3. The summed E-state index contributed by atoms with van der Waals surface area (Å²) in [7, 11) is -16.4. The van der Waals surface area contributed by atoms with E-state index in [1.54, 1.807) is 0 Å². The van der Waals surface area contributed by atoms with Crippen LogP contribution in [0.3, 0.4) is 0 Å². The van der Waals surface area contributed by atoms with Crippen molar-refractivity contribution in [3.63, 3.8) is 0 Å². The van der Waals surface area contributed by atoms with E-state index in [1.165, 1.54) is 39.5 Å². The minimum atomic E-state index is -5.58. The molecule has 62 heavy (non-hydrogen) atoms. The molecule has 8 atom stereocenters. The van der Waals surface area contributed by atoms with Gasteiger partial charge in [0, 0.05) is 37.1 Å². The summed E-state index contributed by atoms with van der Waals surface area (Å²) in [5, 5.41) is 36.4. The Morgan fingerprint density at radius 2 is 1.63 bits per heavy atom. The van der Waals surface area contributed by atoms with Gasteiger partial charge in [-0.05, 0) is 6.42 Å². The average molecular weight is 966 g/mol. The van der Waals surface area contributed by atoms with Crippen molar-refractivity contribution in [2.24, 2.45) is 5.41 Å². The summed E-state index contributed by atoms with van der Waals surface area (Å²) in [6.45, 7) is 2.55. The Hall–Kier alpha value is -2.48. The molecule has 1 saturated heterocycles. The number of anilines is 1.